The molecule has 122 valence electrons. The summed E-state index contributed by atoms with van der Waals surface area (Å²) in [4.78, 5) is 5.01. The van der Waals surface area contributed by atoms with Gasteiger partial charge in [0, 0.05) is 24.6 Å². The lowest BCUT2D eigenvalue weighted by molar-refractivity contribution is 0.274. The van der Waals surface area contributed by atoms with Crippen molar-refractivity contribution in [1.82, 2.24) is 4.90 Å². The summed E-state index contributed by atoms with van der Waals surface area (Å²) in [6.07, 6.45) is 15.6. The van der Waals surface area contributed by atoms with E-state index in [1.165, 1.54) is 63.6 Å². The molecule has 1 aromatic rings. The summed E-state index contributed by atoms with van der Waals surface area (Å²) in [5, 5.41) is 0. The van der Waals surface area contributed by atoms with E-state index in [1.807, 2.05) is 0 Å². The SMILES string of the molecule is CCCCCCC1N(CCCCC)C=CN1c1ccccc1. The number of benzene rings is 1. The first-order valence-corrected chi connectivity index (χ1v) is 9.14. The van der Waals surface area contributed by atoms with E-state index in [4.69, 9.17) is 0 Å². The smallest absolute Gasteiger partial charge is 0.105 e. The topological polar surface area (TPSA) is 6.48 Å². The van der Waals surface area contributed by atoms with Gasteiger partial charge in [0.1, 0.15) is 6.17 Å². The highest BCUT2D eigenvalue weighted by Crippen LogP contribution is 2.28. The zero-order valence-electron chi connectivity index (χ0n) is 14.4. The molecule has 22 heavy (non-hydrogen) atoms. The molecule has 0 amide bonds. The maximum Gasteiger partial charge on any atom is 0.105 e. The van der Waals surface area contributed by atoms with Gasteiger partial charge in [0.05, 0.1) is 0 Å². The number of anilines is 1. The summed E-state index contributed by atoms with van der Waals surface area (Å²) in [6, 6.07) is 10.8. The Morgan fingerprint density at radius 3 is 2.27 bits per heavy atom. The first-order chi connectivity index (χ1) is 10.9. The zero-order chi connectivity index (χ0) is 15.6. The predicted octanol–water partition coefficient (Wildman–Crippen LogP) is 5.77. The molecule has 0 spiro atoms. The molecule has 0 aliphatic carbocycles. The van der Waals surface area contributed by atoms with Crippen LogP contribution in [-0.4, -0.2) is 17.6 Å². The summed E-state index contributed by atoms with van der Waals surface area (Å²) >= 11 is 0. The van der Waals surface area contributed by atoms with Gasteiger partial charge in [-0.25, -0.2) is 0 Å². The molecule has 2 nitrogen and oxygen atoms in total. The standard InChI is InChI=1S/C20H32N2/c1-3-5-7-11-15-20-21(16-12-6-4-2)17-18-22(20)19-13-9-8-10-14-19/h8-10,13-14,17-18,20H,3-7,11-12,15-16H2,1-2H3. The molecule has 0 saturated heterocycles. The lowest BCUT2D eigenvalue weighted by atomic mass is 10.1. The van der Waals surface area contributed by atoms with E-state index in [9.17, 15) is 0 Å². The third kappa shape index (κ3) is 4.79. The van der Waals surface area contributed by atoms with Crippen molar-refractivity contribution in [3.8, 4) is 0 Å². The molecule has 1 aromatic carbocycles. The number of hydrogen-bond acceptors (Lipinski definition) is 2. The lowest BCUT2D eigenvalue weighted by Crippen LogP contribution is -2.39. The van der Waals surface area contributed by atoms with Crippen LogP contribution in [0.25, 0.3) is 0 Å². The number of para-hydroxylation sites is 1. The number of unbranched alkanes of at least 4 members (excludes halogenated alkanes) is 5. The van der Waals surface area contributed by atoms with Crippen LogP contribution in [0.2, 0.25) is 0 Å². The van der Waals surface area contributed by atoms with E-state index in [2.05, 4.69) is 66.4 Å². The second kappa shape index (κ2) is 9.55. The van der Waals surface area contributed by atoms with Crippen molar-refractivity contribution in [2.75, 3.05) is 11.4 Å². The van der Waals surface area contributed by atoms with Gasteiger partial charge in [-0.05, 0) is 31.4 Å². The van der Waals surface area contributed by atoms with Crippen molar-refractivity contribution in [3.05, 3.63) is 42.7 Å². The fourth-order valence-corrected chi connectivity index (χ4v) is 3.20. The average molecular weight is 300 g/mol. The van der Waals surface area contributed by atoms with Crippen LogP contribution in [0.15, 0.2) is 42.7 Å². The van der Waals surface area contributed by atoms with Crippen molar-refractivity contribution in [3.63, 3.8) is 0 Å². The molecule has 0 radical (unpaired) electrons. The van der Waals surface area contributed by atoms with Crippen LogP contribution in [0.3, 0.4) is 0 Å². The van der Waals surface area contributed by atoms with Gasteiger partial charge in [-0.2, -0.15) is 0 Å². The number of rotatable bonds is 10. The Hall–Kier alpha value is -1.44. The highest BCUT2D eigenvalue weighted by Gasteiger charge is 2.26. The van der Waals surface area contributed by atoms with Gasteiger partial charge in [0.2, 0.25) is 0 Å². The second-order valence-electron chi connectivity index (χ2n) is 6.32. The summed E-state index contributed by atoms with van der Waals surface area (Å²) < 4.78 is 0. The highest BCUT2D eigenvalue weighted by atomic mass is 15.4. The summed E-state index contributed by atoms with van der Waals surface area (Å²) in [6.45, 7) is 5.74. The molecule has 1 atom stereocenters. The Morgan fingerprint density at radius 1 is 0.818 bits per heavy atom. The molecule has 0 N–H and O–H groups in total. The molecular formula is C20H32N2. The molecule has 0 saturated carbocycles. The molecule has 1 aliphatic heterocycles. The molecule has 0 bridgehead atoms. The van der Waals surface area contributed by atoms with Crippen LogP contribution in [0.1, 0.15) is 65.2 Å². The van der Waals surface area contributed by atoms with Crippen molar-refractivity contribution in [1.29, 1.82) is 0 Å². The van der Waals surface area contributed by atoms with Crippen molar-refractivity contribution >= 4 is 5.69 Å². The van der Waals surface area contributed by atoms with E-state index in [0.717, 1.165) is 0 Å². The van der Waals surface area contributed by atoms with Crippen LogP contribution in [-0.2, 0) is 0 Å². The van der Waals surface area contributed by atoms with Crippen molar-refractivity contribution in [2.45, 2.75) is 71.4 Å². The third-order valence-corrected chi connectivity index (χ3v) is 4.51. The molecule has 0 fully saturated rings. The van der Waals surface area contributed by atoms with Crippen LogP contribution < -0.4 is 4.90 Å². The highest BCUT2D eigenvalue weighted by molar-refractivity contribution is 5.51. The van der Waals surface area contributed by atoms with Crippen molar-refractivity contribution in [2.24, 2.45) is 0 Å². The zero-order valence-corrected chi connectivity index (χ0v) is 14.4. The van der Waals surface area contributed by atoms with Crippen LogP contribution >= 0.6 is 0 Å². The molecule has 1 heterocycles. The Bertz CT molecular complexity index is 427. The van der Waals surface area contributed by atoms with Gasteiger partial charge in [-0.3, -0.25) is 0 Å². The maximum atomic E-state index is 2.55. The normalized spacial score (nSPS) is 17.5. The van der Waals surface area contributed by atoms with Crippen LogP contribution in [0.4, 0.5) is 5.69 Å². The van der Waals surface area contributed by atoms with Gasteiger partial charge in [-0.1, -0.05) is 64.2 Å². The molecule has 1 unspecified atom stereocenters. The first-order valence-electron chi connectivity index (χ1n) is 9.14. The van der Waals surface area contributed by atoms with E-state index in [1.54, 1.807) is 0 Å². The monoisotopic (exact) mass is 300 g/mol. The summed E-state index contributed by atoms with van der Waals surface area (Å²) in [5.74, 6) is 0. The molecule has 2 heteroatoms. The minimum absolute atomic E-state index is 0.510. The minimum Gasteiger partial charge on any atom is -0.356 e. The number of hydrogen-bond donors (Lipinski definition) is 0. The Labute approximate surface area is 136 Å². The maximum absolute atomic E-state index is 2.55. The average Bonchev–Trinajstić information content (AvgIpc) is 2.96. The van der Waals surface area contributed by atoms with E-state index in [0.29, 0.717) is 6.17 Å². The largest absolute Gasteiger partial charge is 0.356 e. The molecular weight excluding hydrogens is 268 g/mol. The number of nitrogens with zero attached hydrogens (tertiary/aromatic N) is 2. The fourth-order valence-electron chi connectivity index (χ4n) is 3.20. The van der Waals surface area contributed by atoms with Crippen LogP contribution in [0, 0.1) is 0 Å². The molecule has 0 aromatic heterocycles. The third-order valence-electron chi connectivity index (χ3n) is 4.51. The van der Waals surface area contributed by atoms with Crippen LogP contribution in [0.5, 0.6) is 0 Å². The van der Waals surface area contributed by atoms with Gasteiger partial charge in [0.15, 0.2) is 0 Å². The predicted molar refractivity (Wildman–Crippen MR) is 96.8 cm³/mol. The van der Waals surface area contributed by atoms with E-state index >= 15 is 0 Å². The first kappa shape index (κ1) is 16.9. The fraction of sp³-hybridized carbons (Fsp3) is 0.600. The van der Waals surface area contributed by atoms with Gasteiger partial charge in [-0.15, -0.1) is 0 Å². The Kier molecular flexibility index (Phi) is 7.35. The van der Waals surface area contributed by atoms with Gasteiger partial charge < -0.3 is 9.80 Å². The minimum atomic E-state index is 0.510. The van der Waals surface area contributed by atoms with E-state index < -0.39 is 0 Å². The molecule has 1 aliphatic rings. The Morgan fingerprint density at radius 2 is 1.55 bits per heavy atom. The summed E-state index contributed by atoms with van der Waals surface area (Å²) in [5.41, 5.74) is 1.32. The van der Waals surface area contributed by atoms with Gasteiger partial charge in [0.25, 0.3) is 0 Å². The lowest BCUT2D eigenvalue weighted by Gasteiger charge is -2.33. The molecule has 2 rings (SSSR count). The van der Waals surface area contributed by atoms with Gasteiger partial charge >= 0.3 is 0 Å². The second-order valence-corrected chi connectivity index (χ2v) is 6.32. The quantitative estimate of drug-likeness (QED) is 0.506. The summed E-state index contributed by atoms with van der Waals surface area (Å²) in [7, 11) is 0. The van der Waals surface area contributed by atoms with Crippen molar-refractivity contribution < 1.29 is 0 Å². The van der Waals surface area contributed by atoms with E-state index in [-0.39, 0.29) is 0 Å². The Balaban J connectivity index is 1.96.